The van der Waals surface area contributed by atoms with Gasteiger partial charge in [0.25, 0.3) is 0 Å². The molecule has 0 unspecified atom stereocenters. The van der Waals surface area contributed by atoms with Gasteiger partial charge in [0, 0.05) is 34.6 Å². The SMILES string of the molecule is C/C=C(\Nc1cncc(-c2ccc3[nH]nc(-c4cc5c(-c6ccc(C(C)=O)s6)nccc5[nH]4)c3n2)c1)C(C)C. The van der Waals surface area contributed by atoms with Gasteiger partial charge in [-0.15, -0.1) is 11.3 Å². The Kier molecular flexibility index (Phi) is 6.28. The van der Waals surface area contributed by atoms with Gasteiger partial charge in [0.1, 0.15) is 11.2 Å². The number of rotatable bonds is 7. The van der Waals surface area contributed by atoms with Gasteiger partial charge in [0.2, 0.25) is 0 Å². The molecule has 0 amide bonds. The predicted octanol–water partition coefficient (Wildman–Crippen LogP) is 7.47. The summed E-state index contributed by atoms with van der Waals surface area (Å²) in [7, 11) is 0. The lowest BCUT2D eigenvalue weighted by Gasteiger charge is -2.14. The number of aromatic nitrogens is 6. The highest BCUT2D eigenvalue weighted by molar-refractivity contribution is 7.17. The lowest BCUT2D eigenvalue weighted by Crippen LogP contribution is -2.06. The van der Waals surface area contributed by atoms with Crippen LogP contribution in [0.15, 0.2) is 72.8 Å². The number of carbonyl (C=O) groups is 1. The molecule has 0 saturated heterocycles. The Balaban J connectivity index is 1.39. The maximum absolute atomic E-state index is 11.8. The van der Waals surface area contributed by atoms with Crippen LogP contribution in [-0.2, 0) is 0 Å². The lowest BCUT2D eigenvalue weighted by atomic mass is 10.1. The van der Waals surface area contributed by atoms with E-state index in [0.29, 0.717) is 5.92 Å². The molecular weight excluding hydrogens is 506 g/mol. The maximum atomic E-state index is 11.8. The third-order valence-corrected chi connectivity index (χ3v) is 7.85. The van der Waals surface area contributed by atoms with Gasteiger partial charge in [0.05, 0.1) is 44.2 Å². The fraction of sp³-hybridized carbons (Fsp3) is 0.167. The molecule has 0 atom stereocenters. The molecule has 9 heteroatoms. The average Bonchev–Trinajstić information content (AvgIpc) is 3.69. The minimum Gasteiger partial charge on any atom is -0.358 e. The molecule has 0 radical (unpaired) electrons. The highest BCUT2D eigenvalue weighted by Gasteiger charge is 2.17. The first-order valence-electron chi connectivity index (χ1n) is 12.7. The Bertz CT molecular complexity index is 1880. The van der Waals surface area contributed by atoms with Crippen molar-refractivity contribution in [1.29, 1.82) is 0 Å². The van der Waals surface area contributed by atoms with Crippen molar-refractivity contribution in [2.75, 3.05) is 5.32 Å². The molecule has 6 aromatic rings. The highest BCUT2D eigenvalue weighted by atomic mass is 32.1. The smallest absolute Gasteiger partial charge is 0.169 e. The molecule has 0 saturated carbocycles. The molecule has 0 fully saturated rings. The molecular formula is C30H27N7OS. The first kappa shape index (κ1) is 24.7. The van der Waals surface area contributed by atoms with E-state index in [1.807, 2.05) is 55.7 Å². The summed E-state index contributed by atoms with van der Waals surface area (Å²) in [6.07, 6.45) is 7.50. The van der Waals surface area contributed by atoms with Crippen LogP contribution in [0, 0.1) is 5.92 Å². The van der Waals surface area contributed by atoms with Gasteiger partial charge >= 0.3 is 0 Å². The number of fused-ring (bicyclic) bond motifs is 2. The topological polar surface area (TPSA) is 112 Å². The van der Waals surface area contributed by atoms with Gasteiger partial charge in [-0.2, -0.15) is 5.10 Å². The monoisotopic (exact) mass is 533 g/mol. The first-order valence-corrected chi connectivity index (χ1v) is 13.6. The van der Waals surface area contributed by atoms with Gasteiger partial charge in [-0.25, -0.2) is 4.98 Å². The van der Waals surface area contributed by atoms with Crippen molar-refractivity contribution >= 4 is 44.7 Å². The molecule has 194 valence electrons. The van der Waals surface area contributed by atoms with Crippen molar-refractivity contribution in [3.05, 3.63) is 77.7 Å². The number of hydrogen-bond donors (Lipinski definition) is 3. The molecule has 0 aliphatic heterocycles. The fourth-order valence-corrected chi connectivity index (χ4v) is 5.56. The number of nitrogens with zero attached hydrogens (tertiary/aromatic N) is 4. The van der Waals surface area contributed by atoms with E-state index < -0.39 is 0 Å². The largest absolute Gasteiger partial charge is 0.358 e. The highest BCUT2D eigenvalue weighted by Crippen LogP contribution is 2.36. The molecule has 6 heterocycles. The molecule has 0 aliphatic carbocycles. The molecule has 6 aromatic heterocycles. The second kappa shape index (κ2) is 9.92. The average molecular weight is 534 g/mol. The van der Waals surface area contributed by atoms with Gasteiger partial charge in [-0.1, -0.05) is 19.9 Å². The summed E-state index contributed by atoms with van der Waals surface area (Å²) in [6.45, 7) is 7.92. The number of carbonyl (C=O) groups excluding carboxylic acids is 1. The van der Waals surface area contributed by atoms with Crippen molar-refractivity contribution in [2.45, 2.75) is 27.7 Å². The van der Waals surface area contributed by atoms with Crippen LogP contribution in [0.5, 0.6) is 0 Å². The van der Waals surface area contributed by atoms with Crippen molar-refractivity contribution in [1.82, 2.24) is 30.1 Å². The molecule has 39 heavy (non-hydrogen) atoms. The van der Waals surface area contributed by atoms with E-state index in [1.54, 1.807) is 13.1 Å². The van der Waals surface area contributed by atoms with E-state index in [4.69, 9.17) is 4.98 Å². The minimum absolute atomic E-state index is 0.0526. The Morgan fingerprint density at radius 3 is 2.69 bits per heavy atom. The van der Waals surface area contributed by atoms with Crippen LogP contribution in [-0.4, -0.2) is 35.9 Å². The van der Waals surface area contributed by atoms with Crippen LogP contribution in [0.1, 0.15) is 37.4 Å². The molecule has 0 bridgehead atoms. The quantitative estimate of drug-likeness (QED) is 0.184. The standard InChI is InChI=1S/C30H27N7OS/c1-5-21(16(2)3)33-19-12-18(14-31-15-19)22-6-7-24-29(35-22)30(37-36-24)25-13-20-23(34-25)10-11-32-28(20)27-9-8-26(39-27)17(4)38/h5-16,33-34H,1-4H3,(H,36,37)/b21-5-. The van der Waals surface area contributed by atoms with Crippen LogP contribution in [0.2, 0.25) is 0 Å². The van der Waals surface area contributed by atoms with Crippen LogP contribution < -0.4 is 5.32 Å². The summed E-state index contributed by atoms with van der Waals surface area (Å²) in [6, 6.07) is 13.8. The van der Waals surface area contributed by atoms with E-state index in [9.17, 15) is 4.79 Å². The van der Waals surface area contributed by atoms with Crippen LogP contribution in [0.4, 0.5) is 5.69 Å². The first-order chi connectivity index (χ1) is 18.9. The number of allylic oxidation sites excluding steroid dienone is 2. The normalized spacial score (nSPS) is 12.1. The number of hydrogen-bond acceptors (Lipinski definition) is 7. The van der Waals surface area contributed by atoms with Crippen LogP contribution in [0.25, 0.3) is 55.2 Å². The second-order valence-electron chi connectivity index (χ2n) is 9.67. The molecule has 0 aliphatic rings. The van der Waals surface area contributed by atoms with E-state index in [1.165, 1.54) is 11.3 Å². The van der Waals surface area contributed by atoms with E-state index >= 15 is 0 Å². The Hall–Kier alpha value is -4.63. The second-order valence-corrected chi connectivity index (χ2v) is 10.8. The van der Waals surface area contributed by atoms with Gasteiger partial charge in [-0.3, -0.25) is 19.9 Å². The van der Waals surface area contributed by atoms with Crippen molar-refractivity contribution < 1.29 is 4.79 Å². The number of nitrogens with one attached hydrogen (secondary N) is 3. The maximum Gasteiger partial charge on any atom is 0.169 e. The zero-order valence-corrected chi connectivity index (χ0v) is 22.9. The van der Waals surface area contributed by atoms with E-state index in [0.717, 1.165) is 71.4 Å². The third kappa shape index (κ3) is 4.61. The number of aromatic amines is 2. The van der Waals surface area contributed by atoms with Crippen molar-refractivity contribution in [3.8, 4) is 33.2 Å². The molecule has 8 nitrogen and oxygen atoms in total. The Morgan fingerprint density at radius 2 is 1.92 bits per heavy atom. The number of Topliss-reactive ketones (excluding diaryl/α,β-unsaturated/α-hetero) is 1. The summed E-state index contributed by atoms with van der Waals surface area (Å²) in [5.74, 6) is 0.432. The number of thiophene rings is 1. The van der Waals surface area contributed by atoms with Gasteiger partial charge < -0.3 is 10.3 Å². The minimum atomic E-state index is 0.0526. The predicted molar refractivity (Wildman–Crippen MR) is 158 cm³/mol. The van der Waals surface area contributed by atoms with Crippen molar-refractivity contribution in [2.24, 2.45) is 5.92 Å². The number of anilines is 1. The zero-order chi connectivity index (χ0) is 27.1. The number of ketones is 1. The van der Waals surface area contributed by atoms with Crippen LogP contribution in [0.3, 0.4) is 0 Å². The van der Waals surface area contributed by atoms with Gasteiger partial charge in [-0.05, 0) is 62.2 Å². The molecule has 0 spiro atoms. The van der Waals surface area contributed by atoms with E-state index in [-0.39, 0.29) is 5.78 Å². The molecule has 6 rings (SSSR count). The lowest BCUT2D eigenvalue weighted by molar-refractivity contribution is 0.102. The molecule has 3 N–H and O–H groups in total. The molecule has 0 aromatic carbocycles. The summed E-state index contributed by atoms with van der Waals surface area (Å²) in [5, 5.41) is 12.1. The summed E-state index contributed by atoms with van der Waals surface area (Å²) in [5.41, 5.74) is 8.71. The Morgan fingerprint density at radius 1 is 1.05 bits per heavy atom. The fourth-order valence-electron chi connectivity index (χ4n) is 4.64. The zero-order valence-electron chi connectivity index (χ0n) is 22.0. The third-order valence-electron chi connectivity index (χ3n) is 6.65. The number of H-pyrrole nitrogens is 2. The summed E-state index contributed by atoms with van der Waals surface area (Å²) < 4.78 is 0. The number of pyridine rings is 3. The van der Waals surface area contributed by atoms with Crippen LogP contribution >= 0.6 is 11.3 Å². The summed E-state index contributed by atoms with van der Waals surface area (Å²) in [4.78, 5) is 31.0. The van der Waals surface area contributed by atoms with Gasteiger partial charge in [0.15, 0.2) is 5.78 Å². The Labute approximate surface area is 229 Å². The van der Waals surface area contributed by atoms with Crippen molar-refractivity contribution in [3.63, 3.8) is 0 Å². The summed E-state index contributed by atoms with van der Waals surface area (Å²) >= 11 is 1.45. The van der Waals surface area contributed by atoms with E-state index in [2.05, 4.69) is 56.5 Å².